The molecular weight excluding hydrogens is 428 g/mol. The van der Waals surface area contributed by atoms with Crippen molar-refractivity contribution in [1.29, 1.82) is 0 Å². The van der Waals surface area contributed by atoms with Gasteiger partial charge in [-0.2, -0.15) is 4.31 Å². The molecule has 3 rings (SSSR count). The number of ether oxygens (including phenoxy) is 3. The molecule has 2 aliphatic rings. The van der Waals surface area contributed by atoms with Gasteiger partial charge in [-0.3, -0.25) is 4.79 Å². The van der Waals surface area contributed by atoms with Gasteiger partial charge < -0.3 is 24.2 Å². The smallest absolute Gasteiger partial charge is 0.338 e. The summed E-state index contributed by atoms with van der Waals surface area (Å²) < 4.78 is 42.5. The van der Waals surface area contributed by atoms with Crippen LogP contribution in [0.5, 0.6) is 0 Å². The van der Waals surface area contributed by atoms with Gasteiger partial charge in [0.1, 0.15) is 5.60 Å². The Bertz CT molecular complexity index is 904. The molecule has 0 unspecified atom stereocenters. The molecule has 2 fully saturated rings. The van der Waals surface area contributed by atoms with Crippen molar-refractivity contribution in [1.82, 2.24) is 4.31 Å². The fraction of sp³-hybridized carbons (Fsp3) is 0.600. The van der Waals surface area contributed by atoms with Gasteiger partial charge in [0.05, 0.1) is 24.7 Å². The van der Waals surface area contributed by atoms with Crippen molar-refractivity contribution in [3.8, 4) is 0 Å². The van der Waals surface area contributed by atoms with Crippen LogP contribution in [0, 0.1) is 0 Å². The molecule has 2 heterocycles. The lowest BCUT2D eigenvalue weighted by atomic mass is 10.1. The zero-order valence-corrected chi connectivity index (χ0v) is 18.6. The highest BCUT2D eigenvalue weighted by Gasteiger charge is 2.41. The summed E-state index contributed by atoms with van der Waals surface area (Å²) in [6, 6.07) is 5.91. The maximum Gasteiger partial charge on any atom is 0.338 e. The van der Waals surface area contributed by atoms with E-state index in [4.69, 9.17) is 14.2 Å². The molecule has 0 saturated carbocycles. The predicted octanol–water partition coefficient (Wildman–Crippen LogP) is 0.142. The first-order valence-electron chi connectivity index (χ1n) is 10.0. The van der Waals surface area contributed by atoms with Crippen LogP contribution in [0.1, 0.15) is 20.8 Å². The molecule has 2 saturated heterocycles. The van der Waals surface area contributed by atoms with Crippen molar-refractivity contribution in [2.45, 2.75) is 43.5 Å². The fourth-order valence-electron chi connectivity index (χ4n) is 3.31. The van der Waals surface area contributed by atoms with Gasteiger partial charge in [0.25, 0.3) is 5.91 Å². The molecule has 172 valence electrons. The molecule has 2 aliphatic heterocycles. The lowest BCUT2D eigenvalue weighted by Crippen LogP contribution is -2.55. The number of amides is 1. The largest absolute Gasteiger partial charge is 0.458 e. The number of rotatable bonds is 5. The first-order valence-corrected chi connectivity index (χ1v) is 11.5. The van der Waals surface area contributed by atoms with E-state index in [0.29, 0.717) is 18.9 Å². The molecule has 1 aromatic carbocycles. The maximum absolute atomic E-state index is 12.9. The Kier molecular flexibility index (Phi) is 7.01. The number of aliphatic hydroxyl groups excluding tert-OH is 1. The number of benzene rings is 1. The number of morpholine rings is 2. The second-order valence-electron chi connectivity index (χ2n) is 8.27. The van der Waals surface area contributed by atoms with Crippen LogP contribution >= 0.6 is 0 Å². The zero-order valence-electron chi connectivity index (χ0n) is 17.8. The Morgan fingerprint density at radius 1 is 1.13 bits per heavy atom. The summed E-state index contributed by atoms with van der Waals surface area (Å²) in [4.78, 5) is 26.5. The van der Waals surface area contributed by atoms with E-state index in [0.717, 1.165) is 0 Å². The molecule has 10 nitrogen and oxygen atoms in total. The number of anilines is 1. The quantitative estimate of drug-likeness (QED) is 0.621. The summed E-state index contributed by atoms with van der Waals surface area (Å²) in [6.07, 6.45) is -3.17. The summed E-state index contributed by atoms with van der Waals surface area (Å²) in [5, 5.41) is 10.3. The Morgan fingerprint density at radius 3 is 2.32 bits per heavy atom. The molecule has 31 heavy (non-hydrogen) atoms. The van der Waals surface area contributed by atoms with Crippen molar-refractivity contribution < 1.29 is 37.3 Å². The van der Waals surface area contributed by atoms with Gasteiger partial charge in [0.15, 0.2) is 12.2 Å². The molecule has 0 aliphatic carbocycles. The average Bonchev–Trinajstić information content (AvgIpc) is 2.73. The van der Waals surface area contributed by atoms with Gasteiger partial charge in [-0.05, 0) is 45.0 Å². The van der Waals surface area contributed by atoms with Gasteiger partial charge >= 0.3 is 5.97 Å². The average molecular weight is 457 g/mol. The first kappa shape index (κ1) is 23.6. The highest BCUT2D eigenvalue weighted by atomic mass is 32.2. The van der Waals surface area contributed by atoms with Crippen molar-refractivity contribution in [2.75, 3.05) is 44.4 Å². The van der Waals surface area contributed by atoms with Crippen LogP contribution in [0.3, 0.4) is 0 Å². The number of carbonyl (C=O) groups excluding carboxylic acids is 2. The second kappa shape index (κ2) is 9.21. The number of esters is 1. The Balaban J connectivity index is 1.73. The minimum Gasteiger partial charge on any atom is -0.458 e. The minimum atomic E-state index is -3.65. The molecule has 0 spiro atoms. The minimum absolute atomic E-state index is 0.101. The molecule has 1 aromatic rings. The Labute approximate surface area is 181 Å². The Morgan fingerprint density at radius 2 is 1.74 bits per heavy atom. The highest BCUT2D eigenvalue weighted by Crippen LogP contribution is 2.25. The first-order chi connectivity index (χ1) is 14.5. The van der Waals surface area contributed by atoms with Gasteiger partial charge in [-0.25, -0.2) is 13.2 Å². The third kappa shape index (κ3) is 5.42. The van der Waals surface area contributed by atoms with Crippen molar-refractivity contribution in [3.05, 3.63) is 24.3 Å². The van der Waals surface area contributed by atoms with E-state index >= 15 is 0 Å². The van der Waals surface area contributed by atoms with Crippen molar-refractivity contribution in [3.63, 3.8) is 0 Å². The fourth-order valence-corrected chi connectivity index (χ4v) is 4.72. The van der Waals surface area contributed by atoms with E-state index in [1.807, 2.05) is 0 Å². The van der Waals surface area contributed by atoms with Crippen molar-refractivity contribution in [2.24, 2.45) is 0 Å². The second-order valence-corrected chi connectivity index (χ2v) is 10.2. The van der Waals surface area contributed by atoms with E-state index in [9.17, 15) is 23.1 Å². The SMILES string of the molecule is CC(C)(C)OC(=O)[C@H](O)[C@H]1OCCN(c2ccc(S(=O)(=O)N3CCOCC3)cc2)C1=O. The van der Waals surface area contributed by atoms with Gasteiger partial charge in [-0.1, -0.05) is 0 Å². The number of carbonyl (C=O) groups is 2. The number of aliphatic hydroxyl groups is 1. The molecule has 0 bridgehead atoms. The molecule has 0 radical (unpaired) electrons. The molecule has 1 amide bonds. The van der Waals surface area contributed by atoms with E-state index in [-0.39, 0.29) is 31.1 Å². The van der Waals surface area contributed by atoms with E-state index in [2.05, 4.69) is 0 Å². The summed E-state index contributed by atoms with van der Waals surface area (Å²) in [5.74, 6) is -1.55. The van der Waals surface area contributed by atoms with Crippen LogP contribution in [0.4, 0.5) is 5.69 Å². The Hall–Kier alpha value is -2.05. The van der Waals surface area contributed by atoms with Crippen LogP contribution in [0.2, 0.25) is 0 Å². The summed E-state index contributed by atoms with van der Waals surface area (Å²) in [6.45, 7) is 6.53. The van der Waals surface area contributed by atoms with E-state index in [1.54, 1.807) is 20.8 Å². The van der Waals surface area contributed by atoms with Crippen LogP contribution < -0.4 is 4.90 Å². The zero-order chi connectivity index (χ0) is 22.8. The van der Waals surface area contributed by atoms with Crippen molar-refractivity contribution >= 4 is 27.6 Å². The summed E-state index contributed by atoms with van der Waals surface area (Å²) in [7, 11) is -3.65. The standard InChI is InChI=1S/C20H28N2O8S/c1-20(2,3)30-19(25)16(23)17-18(24)22(10-13-29-17)14-4-6-15(7-5-14)31(26,27)21-8-11-28-12-9-21/h4-7,16-17,23H,8-13H2,1-3H3/t16-,17-/m1/s1. The number of hydrogen-bond acceptors (Lipinski definition) is 8. The monoisotopic (exact) mass is 456 g/mol. The van der Waals surface area contributed by atoms with Crippen LogP contribution in [-0.4, -0.2) is 87.0 Å². The van der Waals surface area contributed by atoms with Crippen LogP contribution in [0.15, 0.2) is 29.2 Å². The number of sulfonamides is 1. The third-order valence-electron chi connectivity index (χ3n) is 4.81. The highest BCUT2D eigenvalue weighted by molar-refractivity contribution is 7.89. The molecule has 1 N–H and O–H groups in total. The van der Waals surface area contributed by atoms with Gasteiger partial charge in [0.2, 0.25) is 10.0 Å². The van der Waals surface area contributed by atoms with Crippen LogP contribution in [0.25, 0.3) is 0 Å². The topological polar surface area (TPSA) is 123 Å². The summed E-state index contributed by atoms with van der Waals surface area (Å²) in [5.41, 5.74) is -0.382. The number of hydrogen-bond donors (Lipinski definition) is 1. The number of nitrogens with zero attached hydrogens (tertiary/aromatic N) is 2. The molecule has 2 atom stereocenters. The third-order valence-corrected chi connectivity index (χ3v) is 6.73. The summed E-state index contributed by atoms with van der Waals surface area (Å²) >= 11 is 0. The van der Waals surface area contributed by atoms with Gasteiger partial charge in [0, 0.05) is 25.3 Å². The van der Waals surface area contributed by atoms with E-state index < -0.39 is 39.7 Å². The van der Waals surface area contributed by atoms with Gasteiger partial charge in [-0.15, -0.1) is 0 Å². The van der Waals surface area contributed by atoms with E-state index in [1.165, 1.54) is 33.5 Å². The molecule has 0 aromatic heterocycles. The predicted molar refractivity (Wildman–Crippen MR) is 110 cm³/mol. The lowest BCUT2D eigenvalue weighted by Gasteiger charge is -2.34. The normalized spacial score (nSPS) is 22.3. The van der Waals surface area contributed by atoms with Crippen LogP contribution in [-0.2, 0) is 33.8 Å². The maximum atomic E-state index is 12.9. The molecule has 11 heteroatoms. The lowest BCUT2D eigenvalue weighted by molar-refractivity contribution is -0.177. The molecular formula is C20H28N2O8S.